The Morgan fingerprint density at radius 1 is 1.57 bits per heavy atom. The molecule has 1 saturated heterocycles. The number of ether oxygens (including phenoxy) is 1. The minimum atomic E-state index is -0.210. The van der Waals surface area contributed by atoms with Gasteiger partial charge in [0.15, 0.2) is 0 Å². The third-order valence-electron chi connectivity index (χ3n) is 2.54. The molecule has 1 amide bonds. The molecule has 0 saturated carbocycles. The number of rotatable bonds is 2. The largest absolute Gasteiger partial charge is 0.453 e. The highest BCUT2D eigenvalue weighted by atomic mass is 35.5. The number of carbonyl (C=O) groups is 1. The van der Waals surface area contributed by atoms with Crippen molar-refractivity contribution in [1.29, 1.82) is 0 Å². The van der Waals surface area contributed by atoms with Crippen molar-refractivity contribution in [2.75, 3.05) is 20.2 Å². The number of hydrogen-bond acceptors (Lipinski definition) is 3. The second kappa shape index (κ2) is 6.90. The maximum Gasteiger partial charge on any atom is 0.409 e. The third kappa shape index (κ3) is 3.35. The Morgan fingerprint density at radius 2 is 2.29 bits per heavy atom. The van der Waals surface area contributed by atoms with Gasteiger partial charge in [0.2, 0.25) is 0 Å². The zero-order chi connectivity index (χ0) is 9.68. The topological polar surface area (TPSA) is 55.6 Å². The maximum atomic E-state index is 11.3. The van der Waals surface area contributed by atoms with Crippen LogP contribution in [0, 0.1) is 0 Å². The Balaban J connectivity index is 0.00000169. The molecule has 0 aromatic carbocycles. The molecule has 0 aromatic rings. The van der Waals surface area contributed by atoms with Gasteiger partial charge in [0.25, 0.3) is 0 Å². The molecule has 0 radical (unpaired) electrons. The van der Waals surface area contributed by atoms with E-state index >= 15 is 0 Å². The molecule has 2 N–H and O–H groups in total. The van der Waals surface area contributed by atoms with Crippen molar-refractivity contribution < 1.29 is 9.53 Å². The van der Waals surface area contributed by atoms with E-state index in [1.165, 1.54) is 13.5 Å². The van der Waals surface area contributed by atoms with Crippen LogP contribution in [0.1, 0.15) is 25.7 Å². The summed E-state index contributed by atoms with van der Waals surface area (Å²) in [4.78, 5) is 13.1. The minimum absolute atomic E-state index is 0. The van der Waals surface area contributed by atoms with Gasteiger partial charge in [0.05, 0.1) is 7.11 Å². The van der Waals surface area contributed by atoms with E-state index in [9.17, 15) is 4.79 Å². The van der Waals surface area contributed by atoms with Crippen LogP contribution >= 0.6 is 12.4 Å². The van der Waals surface area contributed by atoms with Crippen molar-refractivity contribution in [2.45, 2.75) is 31.7 Å². The fourth-order valence-corrected chi connectivity index (χ4v) is 1.85. The van der Waals surface area contributed by atoms with Crippen LogP contribution < -0.4 is 5.73 Å². The molecule has 84 valence electrons. The number of methoxy groups -OCH3 is 1. The molecular formula is C9H19ClN2O2. The van der Waals surface area contributed by atoms with Crippen LogP contribution in [0.25, 0.3) is 0 Å². The lowest BCUT2D eigenvalue weighted by Gasteiger charge is -2.34. The first-order chi connectivity index (χ1) is 6.29. The van der Waals surface area contributed by atoms with E-state index in [1.807, 2.05) is 0 Å². The molecule has 1 aliphatic heterocycles. The van der Waals surface area contributed by atoms with Crippen LogP contribution in [0.3, 0.4) is 0 Å². The van der Waals surface area contributed by atoms with Crippen LogP contribution in [-0.2, 0) is 4.74 Å². The van der Waals surface area contributed by atoms with Gasteiger partial charge in [0, 0.05) is 12.6 Å². The summed E-state index contributed by atoms with van der Waals surface area (Å²) in [6.45, 7) is 1.45. The summed E-state index contributed by atoms with van der Waals surface area (Å²) in [7, 11) is 1.43. The summed E-state index contributed by atoms with van der Waals surface area (Å²) < 4.78 is 4.71. The Bertz CT molecular complexity index is 176. The van der Waals surface area contributed by atoms with Crippen LogP contribution in [-0.4, -0.2) is 37.2 Å². The quantitative estimate of drug-likeness (QED) is 0.768. The number of amides is 1. The third-order valence-corrected chi connectivity index (χ3v) is 2.54. The van der Waals surface area contributed by atoms with Gasteiger partial charge in [-0.25, -0.2) is 4.79 Å². The fourth-order valence-electron chi connectivity index (χ4n) is 1.85. The van der Waals surface area contributed by atoms with Gasteiger partial charge in [-0.15, -0.1) is 12.4 Å². The molecule has 1 heterocycles. The van der Waals surface area contributed by atoms with E-state index in [0.29, 0.717) is 12.6 Å². The van der Waals surface area contributed by atoms with Crippen LogP contribution in [0.4, 0.5) is 4.79 Å². The lowest BCUT2D eigenvalue weighted by molar-refractivity contribution is 0.0876. The van der Waals surface area contributed by atoms with Crippen LogP contribution in [0.15, 0.2) is 0 Å². The summed E-state index contributed by atoms with van der Waals surface area (Å²) in [6.07, 6.45) is 4.01. The van der Waals surface area contributed by atoms with Crippen LogP contribution in [0.2, 0.25) is 0 Å². The molecule has 1 rings (SSSR count). The number of hydrogen-bond donors (Lipinski definition) is 1. The first kappa shape index (κ1) is 13.5. The molecule has 0 bridgehead atoms. The molecule has 1 fully saturated rings. The second-order valence-corrected chi connectivity index (χ2v) is 3.39. The molecule has 0 aromatic heterocycles. The number of piperidine rings is 1. The van der Waals surface area contributed by atoms with Crippen LogP contribution in [0.5, 0.6) is 0 Å². The molecule has 14 heavy (non-hydrogen) atoms. The molecular weight excluding hydrogens is 204 g/mol. The number of nitrogens with zero attached hydrogens (tertiary/aromatic N) is 1. The second-order valence-electron chi connectivity index (χ2n) is 3.39. The Hall–Kier alpha value is -0.480. The van der Waals surface area contributed by atoms with Crippen molar-refractivity contribution in [3.8, 4) is 0 Å². The average Bonchev–Trinajstić information content (AvgIpc) is 2.18. The van der Waals surface area contributed by atoms with Crippen molar-refractivity contribution in [3.05, 3.63) is 0 Å². The normalized spacial score (nSPS) is 21.3. The molecule has 1 aliphatic rings. The summed E-state index contributed by atoms with van der Waals surface area (Å²) in [5.41, 5.74) is 5.48. The van der Waals surface area contributed by atoms with Gasteiger partial charge in [-0.2, -0.15) is 0 Å². The smallest absolute Gasteiger partial charge is 0.409 e. The SMILES string of the molecule is COC(=O)N1CCCC[C@@H]1CCN.Cl. The molecule has 4 nitrogen and oxygen atoms in total. The van der Waals surface area contributed by atoms with Gasteiger partial charge in [-0.05, 0) is 32.2 Å². The highest BCUT2D eigenvalue weighted by Crippen LogP contribution is 2.19. The standard InChI is InChI=1S/C9H18N2O2.ClH/c1-13-9(12)11-7-3-2-4-8(11)5-6-10;/h8H,2-7,10H2,1H3;1H/t8-;/m1./s1. The van der Waals surface area contributed by atoms with E-state index < -0.39 is 0 Å². The predicted molar refractivity (Wildman–Crippen MR) is 57.7 cm³/mol. The van der Waals surface area contributed by atoms with Gasteiger partial charge in [-0.3, -0.25) is 0 Å². The number of halogens is 1. The summed E-state index contributed by atoms with van der Waals surface area (Å²) >= 11 is 0. The lowest BCUT2D eigenvalue weighted by Crippen LogP contribution is -2.44. The average molecular weight is 223 g/mol. The lowest BCUT2D eigenvalue weighted by atomic mass is 10.00. The van der Waals surface area contributed by atoms with Crippen molar-refractivity contribution in [2.24, 2.45) is 5.73 Å². The Labute approximate surface area is 91.2 Å². The van der Waals surface area contributed by atoms with Crippen molar-refractivity contribution in [3.63, 3.8) is 0 Å². The van der Waals surface area contributed by atoms with E-state index in [0.717, 1.165) is 25.8 Å². The highest BCUT2D eigenvalue weighted by Gasteiger charge is 2.26. The predicted octanol–water partition coefficient (Wildman–Crippen LogP) is 1.38. The monoisotopic (exact) mass is 222 g/mol. The number of carbonyl (C=O) groups excluding carboxylic acids is 1. The number of nitrogens with two attached hydrogens (primary N) is 1. The Kier molecular flexibility index (Phi) is 6.66. The van der Waals surface area contributed by atoms with Gasteiger partial charge < -0.3 is 15.4 Å². The first-order valence-corrected chi connectivity index (χ1v) is 4.84. The summed E-state index contributed by atoms with van der Waals surface area (Å²) in [5, 5.41) is 0. The van der Waals surface area contributed by atoms with E-state index in [2.05, 4.69) is 0 Å². The maximum absolute atomic E-state index is 11.3. The van der Waals surface area contributed by atoms with Gasteiger partial charge in [-0.1, -0.05) is 0 Å². The zero-order valence-electron chi connectivity index (χ0n) is 8.57. The highest BCUT2D eigenvalue weighted by molar-refractivity contribution is 5.85. The van der Waals surface area contributed by atoms with Gasteiger partial charge >= 0.3 is 6.09 Å². The molecule has 0 aliphatic carbocycles. The Morgan fingerprint density at radius 3 is 2.86 bits per heavy atom. The zero-order valence-corrected chi connectivity index (χ0v) is 9.39. The molecule has 5 heteroatoms. The molecule has 0 unspecified atom stereocenters. The van der Waals surface area contributed by atoms with E-state index in [1.54, 1.807) is 4.90 Å². The summed E-state index contributed by atoms with van der Waals surface area (Å²) in [5.74, 6) is 0. The molecule has 0 spiro atoms. The molecule has 1 atom stereocenters. The van der Waals surface area contributed by atoms with Crippen molar-refractivity contribution >= 4 is 18.5 Å². The van der Waals surface area contributed by atoms with Gasteiger partial charge in [0.1, 0.15) is 0 Å². The number of likely N-dealkylation sites (tertiary alicyclic amines) is 1. The fraction of sp³-hybridized carbons (Fsp3) is 0.889. The van der Waals surface area contributed by atoms with Crippen molar-refractivity contribution in [1.82, 2.24) is 4.90 Å². The minimum Gasteiger partial charge on any atom is -0.453 e. The first-order valence-electron chi connectivity index (χ1n) is 4.84. The van der Waals surface area contributed by atoms with E-state index in [-0.39, 0.29) is 18.5 Å². The van der Waals surface area contributed by atoms with E-state index in [4.69, 9.17) is 10.5 Å². The summed E-state index contributed by atoms with van der Waals surface area (Å²) in [6, 6.07) is 0.297.